The Morgan fingerprint density at radius 1 is 1.27 bits per heavy atom. The normalized spacial score (nSPS) is 15.0. The van der Waals surface area contributed by atoms with Crippen LogP contribution in [-0.2, 0) is 4.79 Å². The van der Waals surface area contributed by atoms with Crippen LogP contribution >= 0.6 is 0 Å². The number of rotatable bonds is 5. The standard InChI is InChI=1S/C16H20N4O2/c17-20-14-9-8-11-4-3-7-13(16(11)19-14)22-10-15(21)18-12-5-1-2-6-12/h3-4,7-9,12H,1-2,5-6,10,17H2,(H,18,21)(H,19,20). The van der Waals surface area contributed by atoms with Crippen LogP contribution < -0.4 is 21.3 Å². The van der Waals surface area contributed by atoms with Crippen LogP contribution in [0, 0.1) is 0 Å². The molecule has 6 nitrogen and oxygen atoms in total. The SMILES string of the molecule is NNc1ccc2cccc(OCC(=O)NC3CCCC3)c2n1. The third kappa shape index (κ3) is 3.28. The summed E-state index contributed by atoms with van der Waals surface area (Å²) in [7, 11) is 0. The number of hydrogen-bond donors (Lipinski definition) is 3. The quantitative estimate of drug-likeness (QED) is 0.580. The predicted molar refractivity (Wildman–Crippen MR) is 85.4 cm³/mol. The van der Waals surface area contributed by atoms with E-state index in [9.17, 15) is 4.79 Å². The zero-order valence-electron chi connectivity index (χ0n) is 12.3. The lowest BCUT2D eigenvalue weighted by atomic mass is 10.2. The van der Waals surface area contributed by atoms with Crippen molar-refractivity contribution < 1.29 is 9.53 Å². The van der Waals surface area contributed by atoms with Crippen molar-refractivity contribution in [3.8, 4) is 5.75 Å². The van der Waals surface area contributed by atoms with Gasteiger partial charge < -0.3 is 15.5 Å². The van der Waals surface area contributed by atoms with Gasteiger partial charge in [-0.05, 0) is 31.0 Å². The number of benzene rings is 1. The van der Waals surface area contributed by atoms with E-state index in [0.29, 0.717) is 23.1 Å². The molecular weight excluding hydrogens is 280 g/mol. The second kappa shape index (κ2) is 6.62. The maximum Gasteiger partial charge on any atom is 0.258 e. The molecule has 1 aromatic carbocycles. The van der Waals surface area contributed by atoms with Crippen molar-refractivity contribution in [1.29, 1.82) is 0 Å². The molecule has 1 fully saturated rings. The molecule has 2 aromatic rings. The van der Waals surface area contributed by atoms with Crippen LogP contribution in [-0.4, -0.2) is 23.5 Å². The molecule has 6 heteroatoms. The Labute approximate surface area is 129 Å². The number of carbonyl (C=O) groups excluding carboxylic acids is 1. The molecule has 1 saturated carbocycles. The smallest absolute Gasteiger partial charge is 0.258 e. The molecule has 3 rings (SSSR count). The molecule has 0 aliphatic heterocycles. The monoisotopic (exact) mass is 300 g/mol. The number of pyridine rings is 1. The molecule has 4 N–H and O–H groups in total. The van der Waals surface area contributed by atoms with Crippen LogP contribution in [0.3, 0.4) is 0 Å². The molecule has 22 heavy (non-hydrogen) atoms. The first-order valence-electron chi connectivity index (χ1n) is 7.55. The first kappa shape index (κ1) is 14.6. The van der Waals surface area contributed by atoms with E-state index in [2.05, 4.69) is 15.7 Å². The van der Waals surface area contributed by atoms with Crippen molar-refractivity contribution in [3.05, 3.63) is 30.3 Å². The van der Waals surface area contributed by atoms with Gasteiger partial charge in [-0.3, -0.25) is 4.79 Å². The summed E-state index contributed by atoms with van der Waals surface area (Å²) in [5.74, 6) is 6.44. The molecule has 0 bridgehead atoms. The zero-order chi connectivity index (χ0) is 15.4. The minimum Gasteiger partial charge on any atom is -0.481 e. The fourth-order valence-electron chi connectivity index (χ4n) is 2.80. The van der Waals surface area contributed by atoms with Gasteiger partial charge in [-0.2, -0.15) is 0 Å². The summed E-state index contributed by atoms with van der Waals surface area (Å²) in [6.07, 6.45) is 4.50. The van der Waals surface area contributed by atoms with Crippen LogP contribution in [0.25, 0.3) is 10.9 Å². The maximum absolute atomic E-state index is 11.9. The third-order valence-electron chi connectivity index (χ3n) is 3.91. The minimum absolute atomic E-state index is 0.00241. The summed E-state index contributed by atoms with van der Waals surface area (Å²) in [5, 5.41) is 3.94. The van der Waals surface area contributed by atoms with Gasteiger partial charge in [-0.1, -0.05) is 25.0 Å². The molecule has 0 spiro atoms. The molecule has 1 aromatic heterocycles. The minimum atomic E-state index is -0.0861. The van der Waals surface area contributed by atoms with E-state index in [1.54, 1.807) is 12.1 Å². The Morgan fingerprint density at radius 3 is 2.86 bits per heavy atom. The van der Waals surface area contributed by atoms with E-state index < -0.39 is 0 Å². The Bertz CT molecular complexity index is 668. The van der Waals surface area contributed by atoms with Crippen molar-refractivity contribution in [2.45, 2.75) is 31.7 Å². The lowest BCUT2D eigenvalue weighted by Gasteiger charge is -2.13. The highest BCUT2D eigenvalue weighted by molar-refractivity contribution is 5.86. The lowest BCUT2D eigenvalue weighted by Crippen LogP contribution is -2.36. The topological polar surface area (TPSA) is 89.3 Å². The molecule has 1 heterocycles. The molecule has 1 aliphatic carbocycles. The zero-order valence-corrected chi connectivity index (χ0v) is 12.3. The maximum atomic E-state index is 11.9. The van der Waals surface area contributed by atoms with Gasteiger partial charge in [-0.25, -0.2) is 10.8 Å². The van der Waals surface area contributed by atoms with Gasteiger partial charge >= 0.3 is 0 Å². The summed E-state index contributed by atoms with van der Waals surface area (Å²) in [6.45, 7) is -0.00241. The molecule has 1 amide bonds. The Morgan fingerprint density at radius 2 is 2.09 bits per heavy atom. The first-order chi connectivity index (χ1) is 10.8. The van der Waals surface area contributed by atoms with Gasteiger partial charge in [0, 0.05) is 11.4 Å². The molecule has 0 unspecified atom stereocenters. The lowest BCUT2D eigenvalue weighted by molar-refractivity contribution is -0.123. The van der Waals surface area contributed by atoms with Crippen molar-refractivity contribution >= 4 is 22.6 Å². The second-order valence-electron chi connectivity index (χ2n) is 5.51. The first-order valence-corrected chi connectivity index (χ1v) is 7.55. The Hall–Kier alpha value is -2.34. The summed E-state index contributed by atoms with van der Waals surface area (Å²) in [5.41, 5.74) is 3.20. The number of aromatic nitrogens is 1. The number of hydrogen-bond acceptors (Lipinski definition) is 5. The van der Waals surface area contributed by atoms with Gasteiger partial charge in [0.05, 0.1) is 0 Å². The van der Waals surface area contributed by atoms with Crippen LogP contribution in [0.4, 0.5) is 5.82 Å². The van der Waals surface area contributed by atoms with Crippen molar-refractivity contribution in [2.24, 2.45) is 5.84 Å². The average Bonchev–Trinajstić information content (AvgIpc) is 3.05. The number of nitrogen functional groups attached to an aromatic ring is 1. The van der Waals surface area contributed by atoms with Crippen LogP contribution in [0.5, 0.6) is 5.75 Å². The highest BCUT2D eigenvalue weighted by Crippen LogP contribution is 2.25. The van der Waals surface area contributed by atoms with Crippen LogP contribution in [0.1, 0.15) is 25.7 Å². The number of ether oxygens (including phenoxy) is 1. The number of para-hydroxylation sites is 1. The van der Waals surface area contributed by atoms with E-state index in [-0.39, 0.29) is 12.5 Å². The molecule has 116 valence electrons. The number of carbonyl (C=O) groups is 1. The largest absolute Gasteiger partial charge is 0.481 e. The molecule has 0 saturated heterocycles. The van der Waals surface area contributed by atoms with Gasteiger partial charge in [0.2, 0.25) is 0 Å². The number of hydrazine groups is 1. The van der Waals surface area contributed by atoms with E-state index >= 15 is 0 Å². The van der Waals surface area contributed by atoms with E-state index in [1.807, 2.05) is 18.2 Å². The van der Waals surface area contributed by atoms with E-state index in [1.165, 1.54) is 12.8 Å². The third-order valence-corrected chi connectivity index (χ3v) is 3.91. The Balaban J connectivity index is 1.68. The Kier molecular flexibility index (Phi) is 4.39. The number of anilines is 1. The van der Waals surface area contributed by atoms with Crippen molar-refractivity contribution in [3.63, 3.8) is 0 Å². The van der Waals surface area contributed by atoms with Gasteiger partial charge in [0.1, 0.15) is 17.1 Å². The van der Waals surface area contributed by atoms with E-state index in [0.717, 1.165) is 18.2 Å². The second-order valence-corrected chi connectivity index (χ2v) is 5.51. The summed E-state index contributed by atoms with van der Waals surface area (Å²) in [6, 6.07) is 9.62. The van der Waals surface area contributed by atoms with Gasteiger partial charge in [0.15, 0.2) is 6.61 Å². The highest BCUT2D eigenvalue weighted by atomic mass is 16.5. The highest BCUT2D eigenvalue weighted by Gasteiger charge is 2.17. The molecule has 0 atom stereocenters. The summed E-state index contributed by atoms with van der Waals surface area (Å²) >= 11 is 0. The number of nitrogens with two attached hydrogens (primary N) is 1. The number of fused-ring (bicyclic) bond motifs is 1. The fourth-order valence-corrected chi connectivity index (χ4v) is 2.80. The van der Waals surface area contributed by atoms with E-state index in [4.69, 9.17) is 10.6 Å². The molecular formula is C16H20N4O2. The van der Waals surface area contributed by atoms with Crippen molar-refractivity contribution in [2.75, 3.05) is 12.0 Å². The number of nitrogens with one attached hydrogen (secondary N) is 2. The summed E-state index contributed by atoms with van der Waals surface area (Å²) in [4.78, 5) is 16.3. The molecule has 0 radical (unpaired) electrons. The predicted octanol–water partition coefficient (Wildman–Crippen LogP) is 1.96. The van der Waals surface area contributed by atoms with Gasteiger partial charge in [0.25, 0.3) is 5.91 Å². The average molecular weight is 300 g/mol. The number of amides is 1. The summed E-state index contributed by atoms with van der Waals surface area (Å²) < 4.78 is 5.65. The number of nitrogens with zero attached hydrogens (tertiary/aromatic N) is 1. The van der Waals surface area contributed by atoms with Crippen molar-refractivity contribution in [1.82, 2.24) is 10.3 Å². The van der Waals surface area contributed by atoms with Gasteiger partial charge in [-0.15, -0.1) is 0 Å². The fraction of sp³-hybridized carbons (Fsp3) is 0.375. The van der Waals surface area contributed by atoms with Crippen LogP contribution in [0.15, 0.2) is 30.3 Å². The molecule has 1 aliphatic rings. The van der Waals surface area contributed by atoms with Crippen LogP contribution in [0.2, 0.25) is 0 Å².